The summed E-state index contributed by atoms with van der Waals surface area (Å²) in [5, 5.41) is 4.61. The minimum Gasteiger partial charge on any atom is -0.442 e. The van der Waals surface area contributed by atoms with E-state index in [1.165, 1.54) is 0 Å². The van der Waals surface area contributed by atoms with Gasteiger partial charge in [0.1, 0.15) is 12.1 Å². The molecule has 1 aliphatic carbocycles. The van der Waals surface area contributed by atoms with Crippen molar-refractivity contribution >= 4 is 11.4 Å². The van der Waals surface area contributed by atoms with Gasteiger partial charge in [0.05, 0.1) is 11.5 Å². The minimum atomic E-state index is -0.364. The Morgan fingerprint density at radius 1 is 1.09 bits per heavy atom. The molecule has 0 spiro atoms. The maximum Gasteiger partial charge on any atom is 0.228 e. The van der Waals surface area contributed by atoms with Gasteiger partial charge in [0.2, 0.25) is 5.88 Å². The van der Waals surface area contributed by atoms with Crippen molar-refractivity contribution in [2.45, 2.75) is 32.6 Å². The highest BCUT2D eigenvalue weighted by Gasteiger charge is 2.44. The summed E-state index contributed by atoms with van der Waals surface area (Å²) in [7, 11) is 0. The van der Waals surface area contributed by atoms with Gasteiger partial charge >= 0.3 is 0 Å². The summed E-state index contributed by atoms with van der Waals surface area (Å²) in [6.07, 6.45) is 9.67. The lowest BCUT2D eigenvalue weighted by atomic mass is 9.70. The largest absolute Gasteiger partial charge is 0.442 e. The highest BCUT2D eigenvalue weighted by atomic mass is 16.5. The molecule has 8 nitrogen and oxygen atoms in total. The van der Waals surface area contributed by atoms with Crippen LogP contribution >= 0.6 is 0 Å². The summed E-state index contributed by atoms with van der Waals surface area (Å²) in [6.45, 7) is 4.17. The van der Waals surface area contributed by atoms with E-state index in [1.54, 1.807) is 35.6 Å². The lowest BCUT2D eigenvalue weighted by Gasteiger charge is -2.37. The number of carbonyl (C=O) groups excluding carboxylic acids is 1. The molecule has 0 bridgehead atoms. The topological polar surface area (TPSA) is 95.2 Å². The van der Waals surface area contributed by atoms with Crippen molar-refractivity contribution in [2.75, 3.05) is 0 Å². The Kier molecular flexibility index (Phi) is 3.98. The van der Waals surface area contributed by atoms with E-state index in [-0.39, 0.29) is 17.1 Å². The number of ether oxygens (including phenoxy) is 1. The molecule has 0 fully saturated rings. The van der Waals surface area contributed by atoms with Gasteiger partial charge in [0.25, 0.3) is 0 Å². The monoisotopic (exact) mass is 424 g/mol. The Balaban J connectivity index is 1.61. The van der Waals surface area contributed by atoms with Gasteiger partial charge in [-0.25, -0.2) is 14.5 Å². The molecule has 4 aromatic heterocycles. The predicted octanol–water partition coefficient (Wildman–Crippen LogP) is 3.75. The average Bonchev–Trinajstić information content (AvgIpc) is 3.23. The molecule has 2 aliphatic rings. The third-order valence-corrected chi connectivity index (χ3v) is 6.02. The van der Waals surface area contributed by atoms with Gasteiger partial charge in [-0.1, -0.05) is 19.9 Å². The van der Waals surface area contributed by atoms with Crippen LogP contribution in [0, 0.1) is 5.41 Å². The van der Waals surface area contributed by atoms with Gasteiger partial charge in [0, 0.05) is 48.8 Å². The first-order valence-electron chi connectivity index (χ1n) is 10.5. The van der Waals surface area contributed by atoms with E-state index in [4.69, 9.17) is 9.72 Å². The Morgan fingerprint density at radius 3 is 2.72 bits per heavy atom. The maximum absolute atomic E-state index is 13.4. The fraction of sp³-hybridized carbons (Fsp3) is 0.250. The highest BCUT2D eigenvalue weighted by molar-refractivity contribution is 6.00. The third-order valence-electron chi connectivity index (χ3n) is 6.02. The van der Waals surface area contributed by atoms with E-state index in [9.17, 15) is 4.79 Å². The maximum atomic E-state index is 13.4. The number of fused-ring (bicyclic) bond motifs is 3. The first-order chi connectivity index (χ1) is 15.5. The number of ketones is 1. The van der Waals surface area contributed by atoms with Gasteiger partial charge in [-0.05, 0) is 29.2 Å². The third kappa shape index (κ3) is 2.90. The smallest absolute Gasteiger partial charge is 0.228 e. The molecule has 0 N–H and O–H groups in total. The van der Waals surface area contributed by atoms with Crippen LogP contribution in [0.25, 0.3) is 17.0 Å². The molecule has 158 valence electrons. The second kappa shape index (κ2) is 6.78. The molecule has 4 aromatic rings. The lowest BCUT2D eigenvalue weighted by Crippen LogP contribution is -2.33. The van der Waals surface area contributed by atoms with E-state index >= 15 is 0 Å². The van der Waals surface area contributed by atoms with Crippen LogP contribution in [0.2, 0.25) is 0 Å². The molecule has 0 saturated carbocycles. The summed E-state index contributed by atoms with van der Waals surface area (Å²) < 4.78 is 7.90. The normalized spacial score (nSPS) is 19.4. The molecule has 1 aliphatic heterocycles. The molecule has 0 saturated heterocycles. The summed E-state index contributed by atoms with van der Waals surface area (Å²) >= 11 is 0. The molecular formula is C24H20N6O2. The fourth-order valence-electron chi connectivity index (χ4n) is 4.65. The molecule has 5 heterocycles. The lowest BCUT2D eigenvalue weighted by molar-refractivity contribution is -0.118. The van der Waals surface area contributed by atoms with Gasteiger partial charge in [-0.3, -0.25) is 14.8 Å². The van der Waals surface area contributed by atoms with Crippen LogP contribution < -0.4 is 4.74 Å². The first-order valence-corrected chi connectivity index (χ1v) is 10.5. The molecule has 0 amide bonds. The first kappa shape index (κ1) is 18.8. The summed E-state index contributed by atoms with van der Waals surface area (Å²) in [5.74, 6) is 1.44. The zero-order valence-corrected chi connectivity index (χ0v) is 17.7. The van der Waals surface area contributed by atoms with Crippen LogP contribution in [0.15, 0.2) is 66.7 Å². The Hall–Kier alpha value is -3.94. The van der Waals surface area contributed by atoms with Crippen molar-refractivity contribution in [2.24, 2.45) is 5.41 Å². The molecule has 0 unspecified atom stereocenters. The van der Waals surface area contributed by atoms with Crippen molar-refractivity contribution in [3.05, 3.63) is 77.8 Å². The number of aromatic nitrogens is 6. The van der Waals surface area contributed by atoms with Crippen LogP contribution in [0.4, 0.5) is 0 Å². The average molecular weight is 424 g/mol. The molecular weight excluding hydrogens is 404 g/mol. The van der Waals surface area contributed by atoms with Crippen molar-refractivity contribution in [3.8, 4) is 17.3 Å². The Labute approximate surface area is 184 Å². The van der Waals surface area contributed by atoms with E-state index in [1.807, 2.05) is 24.3 Å². The van der Waals surface area contributed by atoms with E-state index in [0.29, 0.717) is 41.5 Å². The van der Waals surface area contributed by atoms with E-state index in [0.717, 1.165) is 16.7 Å². The number of hydrogen-bond acceptors (Lipinski definition) is 7. The van der Waals surface area contributed by atoms with Crippen LogP contribution in [0.3, 0.4) is 0 Å². The van der Waals surface area contributed by atoms with E-state index in [2.05, 4.69) is 33.9 Å². The zero-order valence-electron chi connectivity index (χ0n) is 17.7. The second-order valence-corrected chi connectivity index (χ2v) is 9.00. The number of Topliss-reactive ketones (excluding diaryl/α,β-unsaturated/α-hetero) is 1. The van der Waals surface area contributed by atoms with Crippen LogP contribution in [0.5, 0.6) is 5.88 Å². The summed E-state index contributed by atoms with van der Waals surface area (Å²) in [6, 6.07) is 7.57. The van der Waals surface area contributed by atoms with Crippen molar-refractivity contribution in [1.29, 1.82) is 0 Å². The van der Waals surface area contributed by atoms with Crippen molar-refractivity contribution in [1.82, 2.24) is 29.5 Å². The Morgan fingerprint density at radius 2 is 1.94 bits per heavy atom. The van der Waals surface area contributed by atoms with Crippen molar-refractivity contribution in [3.63, 3.8) is 0 Å². The van der Waals surface area contributed by atoms with Gasteiger partial charge < -0.3 is 4.74 Å². The fourth-order valence-corrected chi connectivity index (χ4v) is 4.65. The number of allylic oxidation sites excluding steroid dienone is 2. The molecule has 1 atom stereocenters. The SMILES string of the molecule is CC1(C)CC(=O)C2=C(C1)Oc1ncn3nc(-c4ccncc4)nc3c1[C@@H]2c1cccnc1. The number of pyridine rings is 2. The second-order valence-electron chi connectivity index (χ2n) is 9.00. The standard InChI is InChI=1S/C24H20N6O2/c1-24(2)10-16(31)19-17(11-24)32-23-20(18(19)15-4-3-7-26-12-15)22-28-21(29-30(22)13-27-23)14-5-8-25-9-6-14/h3-9,12-13,18H,10-11H2,1-2H3/t18-/m1/s1. The van der Waals surface area contributed by atoms with Crippen molar-refractivity contribution < 1.29 is 9.53 Å². The van der Waals surface area contributed by atoms with Crippen LogP contribution in [0.1, 0.15) is 43.7 Å². The zero-order chi connectivity index (χ0) is 21.9. The summed E-state index contributed by atoms with van der Waals surface area (Å²) in [5.41, 5.74) is 3.61. The molecule has 8 heteroatoms. The molecule has 0 aromatic carbocycles. The minimum absolute atomic E-state index is 0.0895. The summed E-state index contributed by atoms with van der Waals surface area (Å²) in [4.78, 5) is 31.1. The van der Waals surface area contributed by atoms with Gasteiger partial charge in [-0.15, -0.1) is 5.10 Å². The number of nitrogens with zero attached hydrogens (tertiary/aromatic N) is 6. The quantitative estimate of drug-likeness (QED) is 0.484. The van der Waals surface area contributed by atoms with Gasteiger partial charge in [0.15, 0.2) is 17.3 Å². The molecule has 0 radical (unpaired) electrons. The Bertz CT molecular complexity index is 1390. The number of carbonyl (C=O) groups is 1. The molecule has 6 rings (SSSR count). The van der Waals surface area contributed by atoms with Crippen LogP contribution in [-0.2, 0) is 4.79 Å². The molecule has 32 heavy (non-hydrogen) atoms. The van der Waals surface area contributed by atoms with Crippen LogP contribution in [-0.4, -0.2) is 35.3 Å². The number of hydrogen-bond donors (Lipinski definition) is 0. The number of rotatable bonds is 2. The highest BCUT2D eigenvalue weighted by Crippen LogP contribution is 2.50. The van der Waals surface area contributed by atoms with E-state index < -0.39 is 0 Å². The predicted molar refractivity (Wildman–Crippen MR) is 116 cm³/mol. The van der Waals surface area contributed by atoms with Gasteiger partial charge in [-0.2, -0.15) is 0 Å².